The Morgan fingerprint density at radius 3 is 2.65 bits per heavy atom. The molecule has 3 atom stereocenters. The quantitative estimate of drug-likeness (QED) is 0.904. The van der Waals surface area contributed by atoms with E-state index in [9.17, 15) is 14.7 Å². The summed E-state index contributed by atoms with van der Waals surface area (Å²) in [7, 11) is 0. The third kappa shape index (κ3) is 3.72. The number of aliphatic carboxylic acids is 1. The van der Waals surface area contributed by atoms with Gasteiger partial charge in [-0.15, -0.1) is 0 Å². The molecular formula is C18H23NO4. The van der Waals surface area contributed by atoms with Gasteiger partial charge in [-0.05, 0) is 24.8 Å². The summed E-state index contributed by atoms with van der Waals surface area (Å²) in [6.45, 7) is 1.59. The van der Waals surface area contributed by atoms with Crippen LogP contribution in [0.15, 0.2) is 30.3 Å². The van der Waals surface area contributed by atoms with Gasteiger partial charge in [0.2, 0.25) is 5.91 Å². The van der Waals surface area contributed by atoms with Crippen LogP contribution >= 0.6 is 0 Å². The fourth-order valence-corrected chi connectivity index (χ4v) is 3.61. The van der Waals surface area contributed by atoms with Crippen LogP contribution in [0.2, 0.25) is 0 Å². The Bertz CT molecular complexity index is 553. The molecular weight excluding hydrogens is 294 g/mol. The molecule has 0 aromatic heterocycles. The summed E-state index contributed by atoms with van der Waals surface area (Å²) in [5, 5.41) is 9.49. The van der Waals surface area contributed by atoms with Gasteiger partial charge in [0.25, 0.3) is 0 Å². The maximum Gasteiger partial charge on any atom is 0.308 e. The van der Waals surface area contributed by atoms with Crippen molar-refractivity contribution in [2.45, 2.75) is 37.7 Å². The van der Waals surface area contributed by atoms with Crippen LogP contribution in [0.3, 0.4) is 0 Å². The van der Waals surface area contributed by atoms with Crippen LogP contribution < -0.4 is 0 Å². The number of carboxylic acids is 1. The van der Waals surface area contributed by atoms with Gasteiger partial charge in [0.05, 0.1) is 12.0 Å². The van der Waals surface area contributed by atoms with E-state index < -0.39 is 11.9 Å². The Morgan fingerprint density at radius 1 is 1.22 bits per heavy atom. The summed E-state index contributed by atoms with van der Waals surface area (Å²) in [4.78, 5) is 25.7. The smallest absolute Gasteiger partial charge is 0.308 e. The van der Waals surface area contributed by atoms with Crippen molar-refractivity contribution in [3.8, 4) is 0 Å². The van der Waals surface area contributed by atoms with Gasteiger partial charge in [-0.1, -0.05) is 30.3 Å². The molecule has 2 heterocycles. The molecule has 2 fully saturated rings. The van der Waals surface area contributed by atoms with Crippen LogP contribution in [-0.4, -0.2) is 47.7 Å². The minimum Gasteiger partial charge on any atom is -0.481 e. The number of benzene rings is 1. The average molecular weight is 317 g/mol. The van der Waals surface area contributed by atoms with Gasteiger partial charge in [0, 0.05) is 32.0 Å². The van der Waals surface area contributed by atoms with Crippen molar-refractivity contribution < 1.29 is 19.4 Å². The number of rotatable bonds is 5. The van der Waals surface area contributed by atoms with E-state index in [1.807, 2.05) is 30.3 Å². The minimum atomic E-state index is -0.826. The third-order valence-electron chi connectivity index (χ3n) is 4.92. The molecule has 23 heavy (non-hydrogen) atoms. The highest BCUT2D eigenvalue weighted by Crippen LogP contribution is 2.33. The maximum atomic E-state index is 12.4. The van der Waals surface area contributed by atoms with Gasteiger partial charge in [-0.3, -0.25) is 9.59 Å². The van der Waals surface area contributed by atoms with E-state index in [0.717, 1.165) is 31.4 Å². The number of likely N-dealkylation sites (tertiary alicyclic amines) is 1. The molecule has 5 nitrogen and oxygen atoms in total. The zero-order chi connectivity index (χ0) is 16.2. The van der Waals surface area contributed by atoms with Crippen molar-refractivity contribution in [1.29, 1.82) is 0 Å². The third-order valence-corrected chi connectivity index (χ3v) is 4.92. The summed E-state index contributed by atoms with van der Waals surface area (Å²) >= 11 is 0. The number of amides is 1. The van der Waals surface area contributed by atoms with Gasteiger partial charge in [0.15, 0.2) is 0 Å². The lowest BCUT2D eigenvalue weighted by Gasteiger charge is -2.17. The summed E-state index contributed by atoms with van der Waals surface area (Å²) in [5.41, 5.74) is 0.995. The van der Waals surface area contributed by atoms with E-state index in [4.69, 9.17) is 4.74 Å². The number of carboxylic acid groups (broad SMARTS) is 1. The molecule has 1 N–H and O–H groups in total. The van der Waals surface area contributed by atoms with E-state index in [1.54, 1.807) is 4.90 Å². The zero-order valence-corrected chi connectivity index (χ0v) is 13.2. The van der Waals surface area contributed by atoms with Gasteiger partial charge in [0.1, 0.15) is 0 Å². The van der Waals surface area contributed by atoms with Crippen LogP contribution in [0.1, 0.15) is 37.2 Å². The molecule has 3 rings (SSSR count). The molecule has 2 aliphatic heterocycles. The Morgan fingerprint density at radius 2 is 2.00 bits per heavy atom. The van der Waals surface area contributed by atoms with Crippen LogP contribution in [-0.2, 0) is 14.3 Å². The fourth-order valence-electron chi connectivity index (χ4n) is 3.61. The topological polar surface area (TPSA) is 66.8 Å². The zero-order valence-electron chi connectivity index (χ0n) is 13.2. The molecule has 1 aromatic rings. The number of hydrogen-bond donors (Lipinski definition) is 1. The van der Waals surface area contributed by atoms with E-state index in [-0.39, 0.29) is 17.9 Å². The molecule has 0 saturated carbocycles. The molecule has 1 amide bonds. The molecule has 124 valence electrons. The minimum absolute atomic E-state index is 0.0465. The second kappa shape index (κ2) is 7.13. The second-order valence-electron chi connectivity index (χ2n) is 6.43. The molecule has 5 heteroatoms. The standard InChI is InChI=1S/C18H23NO4/c20-17(9-8-14-7-4-10-23-14)19-11-15(16(12-19)18(21)22)13-5-2-1-3-6-13/h1-3,5-6,14-16H,4,7-12H2,(H,21,22)/t14-,15+,16+/m0/s1. The van der Waals surface area contributed by atoms with E-state index in [0.29, 0.717) is 19.5 Å². The highest BCUT2D eigenvalue weighted by atomic mass is 16.5. The van der Waals surface area contributed by atoms with Crippen molar-refractivity contribution in [2.75, 3.05) is 19.7 Å². The first-order valence-electron chi connectivity index (χ1n) is 8.32. The van der Waals surface area contributed by atoms with Gasteiger partial charge < -0.3 is 14.7 Å². The first kappa shape index (κ1) is 16.0. The van der Waals surface area contributed by atoms with Crippen molar-refractivity contribution >= 4 is 11.9 Å². The van der Waals surface area contributed by atoms with Gasteiger partial charge in [-0.25, -0.2) is 0 Å². The van der Waals surface area contributed by atoms with Crippen molar-refractivity contribution in [3.05, 3.63) is 35.9 Å². The highest BCUT2D eigenvalue weighted by molar-refractivity contribution is 5.79. The highest BCUT2D eigenvalue weighted by Gasteiger charge is 2.40. The fraction of sp³-hybridized carbons (Fsp3) is 0.556. The summed E-state index contributed by atoms with van der Waals surface area (Å²) in [6, 6.07) is 9.63. The number of hydrogen-bond acceptors (Lipinski definition) is 3. The molecule has 2 saturated heterocycles. The van der Waals surface area contributed by atoms with Crippen LogP contribution in [0.25, 0.3) is 0 Å². The van der Waals surface area contributed by atoms with Crippen molar-refractivity contribution in [3.63, 3.8) is 0 Å². The summed E-state index contributed by atoms with van der Waals surface area (Å²) in [5.74, 6) is -1.43. The Hall–Kier alpha value is -1.88. The SMILES string of the molecule is O=C(O)[C@@H]1CN(C(=O)CC[C@@H]2CCCO2)C[C@@H]1c1ccccc1. The monoisotopic (exact) mass is 317 g/mol. The first-order valence-corrected chi connectivity index (χ1v) is 8.32. The van der Waals surface area contributed by atoms with E-state index in [1.165, 1.54) is 0 Å². The maximum absolute atomic E-state index is 12.4. The molecule has 0 aliphatic carbocycles. The summed E-state index contributed by atoms with van der Waals surface area (Å²) < 4.78 is 5.55. The lowest BCUT2D eigenvalue weighted by molar-refractivity contribution is -0.141. The first-order chi connectivity index (χ1) is 11.1. The molecule has 0 spiro atoms. The Labute approximate surface area is 136 Å². The molecule has 1 aromatic carbocycles. The normalized spacial score (nSPS) is 27.3. The van der Waals surface area contributed by atoms with Crippen molar-refractivity contribution in [1.82, 2.24) is 4.90 Å². The molecule has 0 unspecified atom stereocenters. The predicted molar refractivity (Wildman–Crippen MR) is 85.1 cm³/mol. The van der Waals surface area contributed by atoms with E-state index >= 15 is 0 Å². The second-order valence-corrected chi connectivity index (χ2v) is 6.43. The largest absolute Gasteiger partial charge is 0.481 e. The number of ether oxygens (including phenoxy) is 1. The van der Waals surface area contributed by atoms with Crippen LogP contribution in [0.4, 0.5) is 0 Å². The average Bonchev–Trinajstić information content (AvgIpc) is 3.23. The van der Waals surface area contributed by atoms with Gasteiger partial charge in [-0.2, -0.15) is 0 Å². The Kier molecular flexibility index (Phi) is 4.96. The van der Waals surface area contributed by atoms with Crippen LogP contribution in [0.5, 0.6) is 0 Å². The Balaban J connectivity index is 1.62. The summed E-state index contributed by atoms with van der Waals surface area (Å²) in [6.07, 6.45) is 3.47. The number of carbonyl (C=O) groups excluding carboxylic acids is 1. The molecule has 0 bridgehead atoms. The van der Waals surface area contributed by atoms with E-state index in [2.05, 4.69) is 0 Å². The molecule has 2 aliphatic rings. The van der Waals surface area contributed by atoms with Gasteiger partial charge >= 0.3 is 5.97 Å². The number of carbonyl (C=O) groups is 2. The lowest BCUT2D eigenvalue weighted by atomic mass is 9.89. The van der Waals surface area contributed by atoms with Crippen LogP contribution in [0, 0.1) is 5.92 Å². The predicted octanol–water partition coefficient (Wildman–Crippen LogP) is 2.27. The number of nitrogens with zero attached hydrogens (tertiary/aromatic N) is 1. The van der Waals surface area contributed by atoms with Crippen molar-refractivity contribution in [2.24, 2.45) is 5.92 Å². The molecule has 0 radical (unpaired) electrons. The lowest BCUT2D eigenvalue weighted by Crippen LogP contribution is -2.30.